The van der Waals surface area contributed by atoms with E-state index in [-0.39, 0.29) is 19.1 Å². The highest BCUT2D eigenvalue weighted by Gasteiger charge is 2.39. The van der Waals surface area contributed by atoms with Gasteiger partial charge in [0.15, 0.2) is 0 Å². The van der Waals surface area contributed by atoms with Crippen LogP contribution < -0.4 is 5.32 Å². The van der Waals surface area contributed by atoms with Gasteiger partial charge in [0.05, 0.1) is 12.0 Å². The van der Waals surface area contributed by atoms with Gasteiger partial charge in [0.1, 0.15) is 0 Å². The lowest BCUT2D eigenvalue weighted by atomic mass is 9.82. The fraction of sp³-hybridized carbons (Fsp3) is 0.636. The molecule has 0 aromatic rings. The molecule has 1 aliphatic heterocycles. The summed E-state index contributed by atoms with van der Waals surface area (Å²) < 4.78 is 0. The monoisotopic (exact) mass is 224 g/mol. The van der Waals surface area contributed by atoms with Crippen molar-refractivity contribution in [3.8, 4) is 12.3 Å². The second-order valence-corrected chi connectivity index (χ2v) is 4.25. The maximum absolute atomic E-state index is 11.6. The van der Waals surface area contributed by atoms with Gasteiger partial charge in [-0.05, 0) is 19.8 Å². The lowest BCUT2D eigenvalue weighted by Crippen LogP contribution is -2.51. The van der Waals surface area contributed by atoms with Crippen molar-refractivity contribution < 1.29 is 14.7 Å². The molecule has 1 atom stereocenters. The second kappa shape index (κ2) is 4.88. The summed E-state index contributed by atoms with van der Waals surface area (Å²) in [5.41, 5.74) is -0.842. The summed E-state index contributed by atoms with van der Waals surface area (Å²) in [5, 5.41) is 11.6. The van der Waals surface area contributed by atoms with E-state index in [4.69, 9.17) is 11.5 Å². The minimum Gasteiger partial charge on any atom is -0.481 e. The van der Waals surface area contributed by atoms with E-state index in [2.05, 4.69) is 11.2 Å². The Balaban J connectivity index is 2.60. The first kappa shape index (κ1) is 12.4. The maximum atomic E-state index is 11.6. The third-order valence-corrected chi connectivity index (χ3v) is 2.84. The summed E-state index contributed by atoms with van der Waals surface area (Å²) in [5.74, 6) is 1.45. The first-order valence-corrected chi connectivity index (χ1v) is 5.19. The molecule has 2 N–H and O–H groups in total. The SMILES string of the molecule is C#CCNC(=O)N1CCCC(C)(C(=O)O)C1. The van der Waals surface area contributed by atoms with Crippen LogP contribution in [0.2, 0.25) is 0 Å². The number of hydrogen-bond acceptors (Lipinski definition) is 2. The molecule has 0 aliphatic carbocycles. The van der Waals surface area contributed by atoms with Crippen molar-refractivity contribution in [3.05, 3.63) is 0 Å². The first-order chi connectivity index (χ1) is 7.49. The smallest absolute Gasteiger partial charge is 0.318 e. The molecule has 88 valence electrons. The first-order valence-electron chi connectivity index (χ1n) is 5.19. The third-order valence-electron chi connectivity index (χ3n) is 2.84. The number of piperidine rings is 1. The number of carboxylic acid groups (broad SMARTS) is 1. The molecule has 5 heteroatoms. The highest BCUT2D eigenvalue weighted by Crippen LogP contribution is 2.29. The average Bonchev–Trinajstić information content (AvgIpc) is 2.25. The summed E-state index contributed by atoms with van der Waals surface area (Å²) in [6, 6.07) is -0.287. The van der Waals surface area contributed by atoms with Crippen LogP contribution in [0.15, 0.2) is 0 Å². The van der Waals surface area contributed by atoms with Crippen LogP contribution in [0.1, 0.15) is 19.8 Å². The minimum atomic E-state index is -0.859. The van der Waals surface area contributed by atoms with Crippen LogP contribution in [0.25, 0.3) is 0 Å². The number of carbonyl (C=O) groups is 2. The number of carboxylic acids is 1. The van der Waals surface area contributed by atoms with E-state index in [1.807, 2.05) is 0 Å². The molecule has 0 bridgehead atoms. The minimum absolute atomic E-state index is 0.166. The zero-order valence-electron chi connectivity index (χ0n) is 9.32. The lowest BCUT2D eigenvalue weighted by molar-refractivity contribution is -0.150. The number of nitrogens with zero attached hydrogens (tertiary/aromatic N) is 1. The molecule has 0 saturated carbocycles. The van der Waals surface area contributed by atoms with Gasteiger partial charge >= 0.3 is 12.0 Å². The zero-order valence-corrected chi connectivity index (χ0v) is 9.32. The van der Waals surface area contributed by atoms with E-state index in [0.29, 0.717) is 19.4 Å². The molecule has 2 amide bonds. The number of urea groups is 1. The molecular weight excluding hydrogens is 208 g/mol. The molecule has 0 spiro atoms. The Hall–Kier alpha value is -1.70. The average molecular weight is 224 g/mol. The fourth-order valence-corrected chi connectivity index (χ4v) is 1.83. The second-order valence-electron chi connectivity index (χ2n) is 4.25. The van der Waals surface area contributed by atoms with E-state index in [9.17, 15) is 9.59 Å². The molecule has 1 aliphatic rings. The Labute approximate surface area is 94.8 Å². The number of nitrogens with one attached hydrogen (secondary N) is 1. The third kappa shape index (κ3) is 2.66. The number of rotatable bonds is 2. The Morgan fingerprint density at radius 1 is 1.62 bits per heavy atom. The molecule has 1 heterocycles. The van der Waals surface area contributed by atoms with Gasteiger partial charge < -0.3 is 15.3 Å². The van der Waals surface area contributed by atoms with Gasteiger partial charge in [0, 0.05) is 13.1 Å². The van der Waals surface area contributed by atoms with Crippen molar-refractivity contribution in [2.45, 2.75) is 19.8 Å². The molecular formula is C11H16N2O3. The predicted octanol–water partition coefficient (Wildman–Crippen LogP) is 0.516. The molecule has 1 saturated heterocycles. The number of terminal acetylenes is 1. The zero-order chi connectivity index (χ0) is 12.2. The van der Waals surface area contributed by atoms with Gasteiger partial charge in [0.2, 0.25) is 0 Å². The van der Waals surface area contributed by atoms with Crippen molar-refractivity contribution in [1.82, 2.24) is 10.2 Å². The van der Waals surface area contributed by atoms with Crippen molar-refractivity contribution in [2.24, 2.45) is 5.41 Å². The van der Waals surface area contributed by atoms with Crippen molar-refractivity contribution >= 4 is 12.0 Å². The molecule has 1 unspecified atom stereocenters. The van der Waals surface area contributed by atoms with Crippen molar-refractivity contribution in [2.75, 3.05) is 19.6 Å². The molecule has 0 radical (unpaired) electrons. The Morgan fingerprint density at radius 3 is 2.88 bits per heavy atom. The Bertz CT molecular complexity index is 335. The highest BCUT2D eigenvalue weighted by molar-refractivity contribution is 5.78. The van der Waals surface area contributed by atoms with Crippen LogP contribution in [0, 0.1) is 17.8 Å². The quantitative estimate of drug-likeness (QED) is 0.672. The topological polar surface area (TPSA) is 69.6 Å². The highest BCUT2D eigenvalue weighted by atomic mass is 16.4. The van der Waals surface area contributed by atoms with E-state index >= 15 is 0 Å². The van der Waals surface area contributed by atoms with Crippen LogP contribution in [0.5, 0.6) is 0 Å². The summed E-state index contributed by atoms with van der Waals surface area (Å²) in [6.07, 6.45) is 6.33. The van der Waals surface area contributed by atoms with Gasteiger partial charge in [0.25, 0.3) is 0 Å². The largest absolute Gasteiger partial charge is 0.481 e. The van der Waals surface area contributed by atoms with Gasteiger partial charge in [-0.15, -0.1) is 6.42 Å². The van der Waals surface area contributed by atoms with Crippen molar-refractivity contribution in [3.63, 3.8) is 0 Å². The van der Waals surface area contributed by atoms with Crippen LogP contribution >= 0.6 is 0 Å². The number of likely N-dealkylation sites (tertiary alicyclic amines) is 1. The molecule has 1 fully saturated rings. The van der Waals surface area contributed by atoms with Gasteiger partial charge in [-0.1, -0.05) is 5.92 Å². The van der Waals surface area contributed by atoms with E-state index in [0.717, 1.165) is 0 Å². The summed E-state index contributed by atoms with van der Waals surface area (Å²) >= 11 is 0. The number of aliphatic carboxylic acids is 1. The normalized spacial score (nSPS) is 24.6. The summed E-state index contributed by atoms with van der Waals surface area (Å²) in [6.45, 7) is 2.65. The standard InChI is InChI=1S/C11H16N2O3/c1-3-6-12-10(16)13-7-4-5-11(2,8-13)9(14)15/h1H,4-8H2,2H3,(H,12,16)(H,14,15). The predicted molar refractivity (Wildman–Crippen MR) is 58.8 cm³/mol. The number of hydrogen-bond donors (Lipinski definition) is 2. The van der Waals surface area contributed by atoms with E-state index < -0.39 is 11.4 Å². The molecule has 16 heavy (non-hydrogen) atoms. The van der Waals surface area contributed by atoms with Gasteiger partial charge in [-0.25, -0.2) is 4.79 Å². The molecule has 0 aromatic carbocycles. The molecule has 1 rings (SSSR count). The van der Waals surface area contributed by atoms with Crippen LogP contribution in [-0.2, 0) is 4.79 Å². The molecule has 0 aromatic heterocycles. The number of amides is 2. The summed E-state index contributed by atoms with van der Waals surface area (Å²) in [4.78, 5) is 24.2. The Morgan fingerprint density at radius 2 is 2.31 bits per heavy atom. The van der Waals surface area contributed by atoms with Gasteiger partial charge in [-0.3, -0.25) is 4.79 Å². The van der Waals surface area contributed by atoms with Gasteiger partial charge in [-0.2, -0.15) is 0 Å². The van der Waals surface area contributed by atoms with Crippen LogP contribution in [0.3, 0.4) is 0 Å². The van der Waals surface area contributed by atoms with E-state index in [1.165, 1.54) is 4.90 Å². The van der Waals surface area contributed by atoms with Crippen LogP contribution in [0.4, 0.5) is 4.79 Å². The Kier molecular flexibility index (Phi) is 3.78. The summed E-state index contributed by atoms with van der Waals surface area (Å²) in [7, 11) is 0. The maximum Gasteiger partial charge on any atom is 0.318 e. The molecule has 5 nitrogen and oxygen atoms in total. The van der Waals surface area contributed by atoms with Crippen molar-refractivity contribution in [1.29, 1.82) is 0 Å². The fourth-order valence-electron chi connectivity index (χ4n) is 1.83. The lowest BCUT2D eigenvalue weighted by Gasteiger charge is -2.37. The van der Waals surface area contributed by atoms with Crippen LogP contribution in [-0.4, -0.2) is 41.6 Å². The number of carbonyl (C=O) groups excluding carboxylic acids is 1. The van der Waals surface area contributed by atoms with E-state index in [1.54, 1.807) is 6.92 Å².